The van der Waals surface area contributed by atoms with Crippen LogP contribution in [0, 0.1) is 5.82 Å². The first-order valence-electron chi connectivity index (χ1n) is 14.0. The first kappa shape index (κ1) is 36.0. The van der Waals surface area contributed by atoms with Crippen molar-refractivity contribution in [3.8, 4) is 5.75 Å². The third-order valence-corrected chi connectivity index (χ3v) is 10.5. The van der Waals surface area contributed by atoms with Gasteiger partial charge in [-0.2, -0.15) is 0 Å². The predicted octanol–water partition coefficient (Wildman–Crippen LogP) is 0.814. The van der Waals surface area contributed by atoms with Crippen LogP contribution in [-0.2, 0) is 30.0 Å². The molecule has 3 amide bonds. The fourth-order valence-corrected chi connectivity index (χ4v) is 6.43. The summed E-state index contributed by atoms with van der Waals surface area (Å²) in [6, 6.07) is 9.20. The number of benzene rings is 2. The summed E-state index contributed by atoms with van der Waals surface area (Å²) in [5.41, 5.74) is 0.667. The van der Waals surface area contributed by atoms with Crippen LogP contribution in [0.3, 0.4) is 0 Å². The number of piperazine rings is 1. The van der Waals surface area contributed by atoms with Crippen molar-refractivity contribution in [3.63, 3.8) is 0 Å². The number of hydrogen-bond donors (Lipinski definition) is 6. The molecule has 0 bridgehead atoms. The van der Waals surface area contributed by atoms with E-state index in [1.165, 1.54) is 53.1 Å². The third kappa shape index (κ3) is 8.93. The molecule has 0 aliphatic carbocycles. The molecule has 0 aromatic heterocycles. The first-order valence-corrected chi connectivity index (χ1v) is 16.9. The quantitative estimate of drug-likeness (QED) is 0.108. The lowest BCUT2D eigenvalue weighted by Crippen LogP contribution is -2.50. The van der Waals surface area contributed by atoms with Crippen molar-refractivity contribution >= 4 is 51.4 Å². The van der Waals surface area contributed by atoms with Gasteiger partial charge >= 0.3 is 19.8 Å². The summed E-state index contributed by atoms with van der Waals surface area (Å²) in [5.74, 6) is -1.42. The summed E-state index contributed by atoms with van der Waals surface area (Å²) in [6.07, 6.45) is -3.23. The molecule has 0 spiro atoms. The number of hydrogen-bond acceptors (Lipinski definition) is 12. The number of aliphatic hydroxyl groups is 1. The van der Waals surface area contributed by atoms with Crippen LogP contribution in [0.25, 0.3) is 0 Å². The molecule has 6 N–H and O–H groups in total. The molecule has 2 saturated heterocycles. The summed E-state index contributed by atoms with van der Waals surface area (Å²) in [5, 5.41) is 9.57. The van der Waals surface area contributed by atoms with Gasteiger partial charge in [-0.25, -0.2) is 14.0 Å². The van der Waals surface area contributed by atoms with Gasteiger partial charge in [-0.05, 0) is 35.9 Å². The van der Waals surface area contributed by atoms with Crippen molar-refractivity contribution in [1.29, 1.82) is 0 Å². The Kier molecular flexibility index (Phi) is 11.4. The normalized spacial score (nSPS) is 18.1. The van der Waals surface area contributed by atoms with Gasteiger partial charge in [-0.1, -0.05) is 12.1 Å². The maximum atomic E-state index is 15.1. The van der Waals surface area contributed by atoms with E-state index in [1.54, 1.807) is 11.0 Å². The zero-order chi connectivity index (χ0) is 34.5. The van der Waals surface area contributed by atoms with E-state index in [9.17, 15) is 48.4 Å². The minimum absolute atomic E-state index is 0.0609. The van der Waals surface area contributed by atoms with Crippen molar-refractivity contribution < 1.29 is 67.0 Å². The second kappa shape index (κ2) is 14.9. The van der Waals surface area contributed by atoms with Gasteiger partial charge in [0.2, 0.25) is 19.4 Å². The second-order valence-corrected chi connectivity index (χ2v) is 14.1. The molecular weight excluding hydrogens is 669 g/mol. The second-order valence-electron chi connectivity index (χ2n) is 10.6. The van der Waals surface area contributed by atoms with Gasteiger partial charge in [0.1, 0.15) is 17.7 Å². The summed E-state index contributed by atoms with van der Waals surface area (Å²) in [4.78, 5) is 89.8. The van der Waals surface area contributed by atoms with Crippen molar-refractivity contribution in [2.75, 3.05) is 55.7 Å². The van der Waals surface area contributed by atoms with Crippen LogP contribution in [0.15, 0.2) is 42.5 Å². The number of rotatable bonds is 11. The fourth-order valence-electron chi connectivity index (χ4n) is 4.79. The van der Waals surface area contributed by atoms with E-state index < -0.39 is 64.2 Å². The van der Waals surface area contributed by atoms with Gasteiger partial charge in [0.15, 0.2) is 6.61 Å². The average molecular weight is 703 g/mol. The highest BCUT2D eigenvalue weighted by Crippen LogP contribution is 2.64. The summed E-state index contributed by atoms with van der Waals surface area (Å²) in [6.45, 7) is 1.94. The number of halogens is 1. The number of nitrogens with zero attached hydrogens (tertiary/aromatic N) is 3. The number of carbonyl (C=O) groups is 4. The Morgan fingerprint density at radius 2 is 1.77 bits per heavy atom. The highest BCUT2D eigenvalue weighted by atomic mass is 31.2. The minimum Gasteiger partial charge on any atom is -0.442 e. The Labute approximate surface area is 268 Å². The molecule has 2 aliphatic heterocycles. The Balaban J connectivity index is 1.22. The highest BCUT2D eigenvalue weighted by molar-refractivity contribution is 7.69. The molecule has 2 heterocycles. The van der Waals surface area contributed by atoms with Crippen LogP contribution in [0.2, 0.25) is 0 Å². The van der Waals surface area contributed by atoms with Crippen LogP contribution >= 0.6 is 16.0 Å². The first-order chi connectivity index (χ1) is 22.1. The van der Waals surface area contributed by atoms with E-state index in [1.807, 2.05) is 0 Å². The van der Waals surface area contributed by atoms with Gasteiger partial charge in [0.25, 0.3) is 5.91 Å². The number of anilines is 2. The Morgan fingerprint density at radius 1 is 1.11 bits per heavy atom. The summed E-state index contributed by atoms with van der Waals surface area (Å²) < 4.78 is 41.7. The number of carbonyl (C=O) groups excluding carboxylic acids is 4. The maximum Gasteiger partial charge on any atom is 0.514 e. The minimum atomic E-state index is -5.31. The Bertz CT molecular complexity index is 1530. The summed E-state index contributed by atoms with van der Waals surface area (Å²) >= 11 is 0. The van der Waals surface area contributed by atoms with Gasteiger partial charge in [-0.15, -0.1) is 0 Å². The lowest BCUT2D eigenvalue weighted by molar-refractivity contribution is -0.135. The molecular formula is C27H33FN4O13P2. The van der Waals surface area contributed by atoms with Gasteiger partial charge in [0.05, 0.1) is 24.5 Å². The van der Waals surface area contributed by atoms with Crippen LogP contribution in [0.5, 0.6) is 5.75 Å². The molecule has 47 heavy (non-hydrogen) atoms. The highest BCUT2D eigenvalue weighted by Gasteiger charge is 2.52. The molecule has 17 nitrogen and oxygen atoms in total. The van der Waals surface area contributed by atoms with Crippen molar-refractivity contribution in [2.45, 2.75) is 24.5 Å². The van der Waals surface area contributed by atoms with E-state index >= 15 is 4.39 Å². The molecule has 2 aliphatic rings. The van der Waals surface area contributed by atoms with Crippen molar-refractivity contribution in [2.24, 2.45) is 0 Å². The maximum absolute atomic E-state index is 15.1. The topological polar surface area (TPSA) is 236 Å². The van der Waals surface area contributed by atoms with Crippen molar-refractivity contribution in [3.05, 3.63) is 53.8 Å². The smallest absolute Gasteiger partial charge is 0.442 e. The van der Waals surface area contributed by atoms with Gasteiger partial charge in [0, 0.05) is 39.5 Å². The average Bonchev–Trinajstić information content (AvgIpc) is 3.39. The van der Waals surface area contributed by atoms with Crippen LogP contribution < -0.4 is 19.9 Å². The largest absolute Gasteiger partial charge is 0.514 e. The van der Waals surface area contributed by atoms with E-state index in [0.717, 1.165) is 0 Å². The van der Waals surface area contributed by atoms with Crippen LogP contribution in [-0.4, -0.2) is 111 Å². The van der Waals surface area contributed by atoms with E-state index in [4.69, 9.17) is 14.2 Å². The predicted molar refractivity (Wildman–Crippen MR) is 162 cm³/mol. The molecule has 0 radical (unpaired) electrons. The molecule has 4 rings (SSSR count). The van der Waals surface area contributed by atoms with E-state index in [0.29, 0.717) is 5.69 Å². The van der Waals surface area contributed by atoms with Gasteiger partial charge in [-0.3, -0.25) is 19.1 Å². The Morgan fingerprint density at radius 3 is 2.34 bits per heavy atom. The molecule has 256 valence electrons. The molecule has 2 aromatic carbocycles. The third-order valence-electron chi connectivity index (χ3n) is 7.33. The van der Waals surface area contributed by atoms with Crippen LogP contribution in [0.4, 0.5) is 25.4 Å². The van der Waals surface area contributed by atoms with Gasteiger partial charge < -0.3 is 54.0 Å². The molecule has 20 heteroatoms. The van der Waals surface area contributed by atoms with Crippen LogP contribution in [0.1, 0.15) is 12.5 Å². The standard InChI is InChI=1S/C27H33FN4O13P2/c1-17(33)29-14-21-15-32(25(35)44-21)19-4-7-23(22(28)12-19)30-8-10-31(11-9-30)24(34)16-43-26(36)45-20-5-2-18(3-6-20)13-27(37,46(38)39)47(40,41)42/h2-7,12,21,37-39H,8-11,13-16H2,1H3,(H,29,33)(H2,40,41,42)/t21-,27?/m0/s1. The number of nitrogens with one attached hydrogen (secondary N) is 1. The molecule has 2 aromatic rings. The zero-order valence-electron chi connectivity index (χ0n) is 24.9. The Hall–Kier alpha value is -3.89. The molecule has 2 atom stereocenters. The molecule has 2 fully saturated rings. The number of ether oxygens (including phenoxy) is 3. The van der Waals surface area contributed by atoms with Crippen molar-refractivity contribution in [1.82, 2.24) is 10.2 Å². The lowest BCUT2D eigenvalue weighted by Gasteiger charge is -2.36. The molecule has 0 saturated carbocycles. The number of amides is 3. The lowest BCUT2D eigenvalue weighted by atomic mass is 10.1. The number of cyclic esters (lactones) is 1. The van der Waals surface area contributed by atoms with E-state index in [-0.39, 0.29) is 62.2 Å². The SMILES string of the molecule is CC(=O)NC[C@H]1CN(c2ccc(N3CCN(C(=O)COC(=O)Oc4ccc(CC(O)(P(O)O)P(=O)(O)O)cc4)CC3)c(F)c2)C(=O)O1. The summed E-state index contributed by atoms with van der Waals surface area (Å²) in [7, 11) is -8.72. The molecule has 1 unspecified atom stereocenters. The van der Waals surface area contributed by atoms with E-state index in [2.05, 4.69) is 5.32 Å². The monoisotopic (exact) mass is 702 g/mol. The zero-order valence-corrected chi connectivity index (χ0v) is 26.7. The fraction of sp³-hybridized carbons (Fsp3) is 0.407.